The number of carbonyl (C=O) groups is 1. The summed E-state index contributed by atoms with van der Waals surface area (Å²) in [6.07, 6.45) is -3.10. The lowest BCUT2D eigenvalue weighted by Gasteiger charge is -2.32. The molecule has 0 saturated carbocycles. The van der Waals surface area contributed by atoms with Crippen LogP contribution in [0.25, 0.3) is 0 Å². The first-order valence-corrected chi connectivity index (χ1v) is 6.69. The molecular formula is C12H22F3N3O. The Morgan fingerprint density at radius 3 is 2.79 bits per heavy atom. The van der Waals surface area contributed by atoms with E-state index in [1.165, 1.54) is 0 Å². The van der Waals surface area contributed by atoms with Gasteiger partial charge in [-0.3, -0.25) is 4.79 Å². The molecule has 0 spiro atoms. The highest BCUT2D eigenvalue weighted by Gasteiger charge is 2.28. The Labute approximate surface area is 111 Å². The van der Waals surface area contributed by atoms with Crippen LogP contribution in [0.15, 0.2) is 0 Å². The Balaban J connectivity index is 2.27. The Hall–Kier alpha value is -0.820. The molecule has 4 nitrogen and oxygen atoms in total. The molecule has 1 saturated heterocycles. The second-order valence-corrected chi connectivity index (χ2v) is 4.94. The summed E-state index contributed by atoms with van der Waals surface area (Å²) in [6, 6.07) is 0. The van der Waals surface area contributed by atoms with Crippen molar-refractivity contribution < 1.29 is 18.0 Å². The van der Waals surface area contributed by atoms with Gasteiger partial charge in [0.05, 0.1) is 5.92 Å². The third-order valence-electron chi connectivity index (χ3n) is 3.25. The first-order valence-electron chi connectivity index (χ1n) is 6.69. The number of alkyl halides is 3. The monoisotopic (exact) mass is 281 g/mol. The van der Waals surface area contributed by atoms with Gasteiger partial charge in [-0.1, -0.05) is 0 Å². The van der Waals surface area contributed by atoms with E-state index in [1.807, 2.05) is 4.90 Å². The number of carbonyl (C=O) groups excluding carboxylic acids is 1. The van der Waals surface area contributed by atoms with E-state index in [1.54, 1.807) is 0 Å². The van der Waals surface area contributed by atoms with Crippen molar-refractivity contribution in [3.8, 4) is 0 Å². The van der Waals surface area contributed by atoms with E-state index in [0.717, 1.165) is 19.4 Å². The first kappa shape index (κ1) is 16.2. The second kappa shape index (κ2) is 7.69. The largest absolute Gasteiger partial charge is 0.389 e. The molecule has 0 aromatic rings. The van der Waals surface area contributed by atoms with Gasteiger partial charge in [0.2, 0.25) is 5.91 Å². The fourth-order valence-corrected chi connectivity index (χ4v) is 2.32. The molecule has 112 valence electrons. The summed E-state index contributed by atoms with van der Waals surface area (Å²) in [6.45, 7) is 2.57. The van der Waals surface area contributed by atoms with Crippen molar-refractivity contribution >= 4 is 5.91 Å². The number of nitrogens with two attached hydrogens (primary N) is 1. The number of halogens is 3. The number of hydrogen-bond acceptors (Lipinski definition) is 3. The van der Waals surface area contributed by atoms with Crippen molar-refractivity contribution in [2.75, 3.05) is 32.7 Å². The molecule has 1 atom stereocenters. The van der Waals surface area contributed by atoms with E-state index in [0.29, 0.717) is 26.2 Å². The lowest BCUT2D eigenvalue weighted by molar-refractivity contribution is -0.137. The predicted octanol–water partition coefficient (Wildman–Crippen LogP) is 1.12. The number of likely N-dealkylation sites (tertiary alicyclic amines) is 1. The zero-order valence-corrected chi connectivity index (χ0v) is 11.0. The van der Waals surface area contributed by atoms with E-state index >= 15 is 0 Å². The van der Waals surface area contributed by atoms with Crippen molar-refractivity contribution in [3.63, 3.8) is 0 Å². The highest BCUT2D eigenvalue weighted by atomic mass is 19.4. The van der Waals surface area contributed by atoms with Gasteiger partial charge < -0.3 is 16.0 Å². The maximum absolute atomic E-state index is 12.1. The molecule has 1 fully saturated rings. The van der Waals surface area contributed by atoms with Crippen LogP contribution in [0.5, 0.6) is 0 Å². The minimum atomic E-state index is -4.09. The van der Waals surface area contributed by atoms with E-state index in [-0.39, 0.29) is 18.2 Å². The van der Waals surface area contributed by atoms with E-state index in [9.17, 15) is 18.0 Å². The number of nitrogens with one attached hydrogen (secondary N) is 1. The van der Waals surface area contributed by atoms with E-state index < -0.39 is 12.6 Å². The number of hydrogen-bond donors (Lipinski definition) is 2. The summed E-state index contributed by atoms with van der Waals surface area (Å²) in [5.41, 5.74) is 5.31. The number of piperidine rings is 1. The topological polar surface area (TPSA) is 58.4 Å². The van der Waals surface area contributed by atoms with Gasteiger partial charge in [0.25, 0.3) is 0 Å². The molecule has 1 heterocycles. The average molecular weight is 281 g/mol. The molecule has 0 aliphatic carbocycles. The van der Waals surface area contributed by atoms with E-state index in [2.05, 4.69) is 5.32 Å². The minimum absolute atomic E-state index is 0.0361. The van der Waals surface area contributed by atoms with Crippen LogP contribution in [0, 0.1) is 5.92 Å². The normalized spacial score (nSPS) is 21.4. The number of amides is 1. The molecule has 19 heavy (non-hydrogen) atoms. The van der Waals surface area contributed by atoms with Crippen LogP contribution in [0.4, 0.5) is 13.2 Å². The zero-order valence-electron chi connectivity index (χ0n) is 11.0. The first-order chi connectivity index (χ1) is 8.92. The third kappa shape index (κ3) is 6.77. The molecule has 7 heteroatoms. The van der Waals surface area contributed by atoms with Gasteiger partial charge >= 0.3 is 6.18 Å². The van der Waals surface area contributed by atoms with Crippen LogP contribution >= 0.6 is 0 Å². The third-order valence-corrected chi connectivity index (χ3v) is 3.25. The standard InChI is InChI=1S/C12H22F3N3O/c13-12(14,15)4-2-8-18-7-1-3-10(9-18)11(19)17-6-5-16/h10H,1-9,16H2,(H,17,19). The van der Waals surface area contributed by atoms with Crippen molar-refractivity contribution in [1.82, 2.24) is 10.2 Å². The average Bonchev–Trinajstić information content (AvgIpc) is 2.35. The lowest BCUT2D eigenvalue weighted by Crippen LogP contribution is -2.44. The fourth-order valence-electron chi connectivity index (χ4n) is 2.32. The smallest absolute Gasteiger partial charge is 0.355 e. The molecule has 1 rings (SSSR count). The van der Waals surface area contributed by atoms with Crippen LogP contribution < -0.4 is 11.1 Å². The summed E-state index contributed by atoms with van der Waals surface area (Å²) in [4.78, 5) is 13.7. The zero-order chi connectivity index (χ0) is 14.3. The SMILES string of the molecule is NCCNC(=O)C1CCCN(CCCC(F)(F)F)C1. The van der Waals surface area contributed by atoms with E-state index in [4.69, 9.17) is 5.73 Å². The van der Waals surface area contributed by atoms with Crippen LogP contribution in [0.3, 0.4) is 0 Å². The Bertz CT molecular complexity index is 284. The van der Waals surface area contributed by atoms with Gasteiger partial charge in [-0.05, 0) is 32.4 Å². The van der Waals surface area contributed by atoms with Crippen molar-refractivity contribution in [2.24, 2.45) is 11.7 Å². The maximum Gasteiger partial charge on any atom is 0.389 e. The van der Waals surface area contributed by atoms with Crippen LogP contribution in [-0.4, -0.2) is 49.7 Å². The summed E-state index contributed by atoms with van der Waals surface area (Å²) in [5, 5.41) is 2.73. The fraction of sp³-hybridized carbons (Fsp3) is 0.917. The number of nitrogens with zero attached hydrogens (tertiary/aromatic N) is 1. The lowest BCUT2D eigenvalue weighted by atomic mass is 9.97. The second-order valence-electron chi connectivity index (χ2n) is 4.94. The number of rotatable bonds is 6. The van der Waals surface area contributed by atoms with Crippen molar-refractivity contribution in [1.29, 1.82) is 0 Å². The molecule has 0 bridgehead atoms. The van der Waals surface area contributed by atoms with Crippen molar-refractivity contribution in [2.45, 2.75) is 31.9 Å². The van der Waals surface area contributed by atoms with Gasteiger partial charge in [0.1, 0.15) is 0 Å². The van der Waals surface area contributed by atoms with Crippen LogP contribution in [0.1, 0.15) is 25.7 Å². The van der Waals surface area contributed by atoms with Gasteiger partial charge in [0.15, 0.2) is 0 Å². The van der Waals surface area contributed by atoms with Gasteiger partial charge in [-0.15, -0.1) is 0 Å². The maximum atomic E-state index is 12.1. The molecule has 1 aliphatic heterocycles. The molecule has 0 aromatic heterocycles. The molecular weight excluding hydrogens is 259 g/mol. The Morgan fingerprint density at radius 2 is 2.16 bits per heavy atom. The molecule has 0 aromatic carbocycles. The summed E-state index contributed by atoms with van der Waals surface area (Å²) < 4.78 is 36.2. The Kier molecular flexibility index (Phi) is 6.57. The minimum Gasteiger partial charge on any atom is -0.355 e. The quantitative estimate of drug-likeness (QED) is 0.767. The molecule has 3 N–H and O–H groups in total. The highest BCUT2D eigenvalue weighted by molar-refractivity contribution is 5.78. The molecule has 1 aliphatic rings. The highest BCUT2D eigenvalue weighted by Crippen LogP contribution is 2.23. The van der Waals surface area contributed by atoms with Crippen LogP contribution in [0.2, 0.25) is 0 Å². The van der Waals surface area contributed by atoms with Gasteiger partial charge in [-0.25, -0.2) is 0 Å². The van der Waals surface area contributed by atoms with Crippen LogP contribution in [-0.2, 0) is 4.79 Å². The summed E-state index contributed by atoms with van der Waals surface area (Å²) >= 11 is 0. The van der Waals surface area contributed by atoms with Crippen molar-refractivity contribution in [3.05, 3.63) is 0 Å². The molecule has 1 amide bonds. The van der Waals surface area contributed by atoms with Gasteiger partial charge in [0, 0.05) is 26.1 Å². The Morgan fingerprint density at radius 1 is 1.42 bits per heavy atom. The molecule has 0 radical (unpaired) electrons. The summed E-state index contributed by atoms with van der Waals surface area (Å²) in [7, 11) is 0. The summed E-state index contributed by atoms with van der Waals surface area (Å²) in [5.74, 6) is -0.155. The predicted molar refractivity (Wildman–Crippen MR) is 66.5 cm³/mol. The van der Waals surface area contributed by atoms with Gasteiger partial charge in [-0.2, -0.15) is 13.2 Å². The molecule has 1 unspecified atom stereocenters.